The monoisotopic (exact) mass is 784 g/mol. The lowest BCUT2D eigenvalue weighted by molar-refractivity contribution is 0.415. The summed E-state index contributed by atoms with van der Waals surface area (Å²) < 4.78 is 6.64. The molecule has 4 aliphatic carbocycles. The Labute approximate surface area is 335 Å². The SMILES string of the molecule is COc1ccc(N(C2=CC3=CC=CC4=CC=C5C=CC=C2C5C43)c2cc(Br)cc(N(c3ccc(C)cc3)c3cc4cccc5ccc6cccc3c6c54)c2)cc1. The second-order valence-electron chi connectivity index (χ2n) is 15.1. The molecule has 0 saturated heterocycles. The zero-order chi connectivity index (χ0) is 37.5. The van der Waals surface area contributed by atoms with Crippen molar-refractivity contribution in [1.29, 1.82) is 0 Å². The van der Waals surface area contributed by atoms with Crippen LogP contribution >= 0.6 is 15.9 Å². The minimum Gasteiger partial charge on any atom is -0.497 e. The maximum atomic E-state index is 5.65. The van der Waals surface area contributed by atoms with E-state index >= 15 is 0 Å². The van der Waals surface area contributed by atoms with Crippen molar-refractivity contribution in [2.45, 2.75) is 6.92 Å². The van der Waals surface area contributed by atoms with Gasteiger partial charge in [-0.3, -0.25) is 0 Å². The van der Waals surface area contributed by atoms with Gasteiger partial charge in [0, 0.05) is 44.4 Å². The summed E-state index contributed by atoms with van der Waals surface area (Å²) in [6, 6.07) is 44.4. The molecule has 7 aromatic rings. The molecule has 0 N–H and O–H groups in total. The minimum absolute atomic E-state index is 0.239. The first-order valence-electron chi connectivity index (χ1n) is 19.2. The van der Waals surface area contributed by atoms with Gasteiger partial charge in [0.25, 0.3) is 0 Å². The van der Waals surface area contributed by atoms with Crippen LogP contribution in [-0.2, 0) is 0 Å². The number of aryl methyl sites for hydroxylation is 1. The third kappa shape index (κ3) is 5.17. The van der Waals surface area contributed by atoms with Gasteiger partial charge in [0.15, 0.2) is 0 Å². The first-order chi connectivity index (χ1) is 27.5. The number of anilines is 5. The highest BCUT2D eigenvalue weighted by Crippen LogP contribution is 2.54. The number of rotatable bonds is 7. The van der Waals surface area contributed by atoms with Gasteiger partial charge in [0.05, 0.1) is 18.5 Å². The van der Waals surface area contributed by atoms with Gasteiger partial charge in [0.1, 0.15) is 5.75 Å². The Bertz CT molecular complexity index is 2980. The predicted octanol–water partition coefficient (Wildman–Crippen LogP) is 14.3. The highest BCUT2D eigenvalue weighted by atomic mass is 79.9. The van der Waals surface area contributed by atoms with Crippen molar-refractivity contribution < 1.29 is 4.74 Å². The number of ether oxygens (including phenoxy) is 1. The standard InChI is InChI=1S/C52H37BrN2O/c1-32-15-21-40(22-16-32)54(47-27-37-11-3-7-33-17-19-35-9-5-13-45(47)51(35)49(33)37)42-29-39(53)30-43(31-42)55(41-23-25-44(56-2)26-24-41)48-28-38-12-4-8-34-18-20-36-10-6-14-46(48)52(36)50(34)38/h3-31,50,52H,1-2H3. The van der Waals surface area contributed by atoms with Crippen LogP contribution < -0.4 is 14.5 Å². The van der Waals surface area contributed by atoms with Crippen LogP contribution in [0.2, 0.25) is 0 Å². The quantitative estimate of drug-likeness (QED) is 0.150. The van der Waals surface area contributed by atoms with Gasteiger partial charge in [-0.05, 0) is 123 Å². The number of benzene rings is 7. The number of hydrogen-bond acceptors (Lipinski definition) is 3. The van der Waals surface area contributed by atoms with Crippen LogP contribution in [0.1, 0.15) is 5.56 Å². The van der Waals surface area contributed by atoms with E-state index in [0.29, 0.717) is 5.92 Å². The van der Waals surface area contributed by atoms with Gasteiger partial charge in [-0.15, -0.1) is 0 Å². The fourth-order valence-electron chi connectivity index (χ4n) is 9.43. The molecule has 56 heavy (non-hydrogen) atoms. The Balaban J connectivity index is 1.16. The number of halogens is 1. The van der Waals surface area contributed by atoms with Crippen LogP contribution in [0.25, 0.3) is 32.3 Å². The lowest BCUT2D eigenvalue weighted by Gasteiger charge is -2.44. The highest BCUT2D eigenvalue weighted by molar-refractivity contribution is 9.10. The molecule has 2 atom stereocenters. The summed E-state index contributed by atoms with van der Waals surface area (Å²) in [6.45, 7) is 2.15. The molecule has 0 bridgehead atoms. The van der Waals surface area contributed by atoms with Crippen molar-refractivity contribution in [3.63, 3.8) is 0 Å². The largest absolute Gasteiger partial charge is 0.497 e. The van der Waals surface area contributed by atoms with Crippen molar-refractivity contribution in [3.05, 3.63) is 214 Å². The first-order valence-corrected chi connectivity index (χ1v) is 20.0. The molecule has 0 aromatic heterocycles. The van der Waals surface area contributed by atoms with Crippen molar-refractivity contribution in [1.82, 2.24) is 0 Å². The van der Waals surface area contributed by atoms with Crippen LogP contribution in [-0.4, -0.2) is 7.11 Å². The maximum Gasteiger partial charge on any atom is 0.119 e. The molecule has 3 nitrogen and oxygen atoms in total. The molecular weight excluding hydrogens is 748 g/mol. The molecule has 268 valence electrons. The Morgan fingerprint density at radius 2 is 1.20 bits per heavy atom. The predicted molar refractivity (Wildman–Crippen MR) is 238 cm³/mol. The molecule has 4 aliphatic rings. The van der Waals surface area contributed by atoms with E-state index in [9.17, 15) is 0 Å². The second kappa shape index (κ2) is 12.9. The Kier molecular flexibility index (Phi) is 7.58. The smallest absolute Gasteiger partial charge is 0.119 e. The molecule has 11 rings (SSSR count). The van der Waals surface area contributed by atoms with E-state index in [1.807, 2.05) is 0 Å². The van der Waals surface area contributed by atoms with Crippen molar-refractivity contribution in [2.24, 2.45) is 11.8 Å². The van der Waals surface area contributed by atoms with E-state index in [2.05, 4.69) is 209 Å². The summed E-state index contributed by atoms with van der Waals surface area (Å²) >= 11 is 4.03. The Morgan fingerprint density at radius 1 is 0.554 bits per heavy atom. The normalized spacial score (nSPS) is 17.9. The van der Waals surface area contributed by atoms with Crippen LogP contribution in [0, 0.1) is 18.8 Å². The summed E-state index contributed by atoms with van der Waals surface area (Å²) in [5.41, 5.74) is 13.2. The third-order valence-electron chi connectivity index (χ3n) is 11.9. The van der Waals surface area contributed by atoms with E-state index in [-0.39, 0.29) is 5.92 Å². The van der Waals surface area contributed by atoms with Gasteiger partial charge in [-0.1, -0.05) is 131 Å². The zero-order valence-corrected chi connectivity index (χ0v) is 32.7. The third-order valence-corrected chi connectivity index (χ3v) is 12.4. The van der Waals surface area contributed by atoms with Crippen LogP contribution in [0.5, 0.6) is 5.75 Å². The van der Waals surface area contributed by atoms with Gasteiger partial charge in [0.2, 0.25) is 0 Å². The fourth-order valence-corrected chi connectivity index (χ4v) is 9.90. The fraction of sp³-hybridized carbons (Fsp3) is 0.0769. The van der Waals surface area contributed by atoms with E-state index in [0.717, 1.165) is 38.7 Å². The second-order valence-corrected chi connectivity index (χ2v) is 16.1. The van der Waals surface area contributed by atoms with Crippen molar-refractivity contribution in [2.75, 3.05) is 16.9 Å². The van der Waals surface area contributed by atoms with E-state index in [4.69, 9.17) is 4.74 Å². The molecule has 0 spiro atoms. The average molecular weight is 786 g/mol. The van der Waals surface area contributed by atoms with Crippen molar-refractivity contribution in [3.8, 4) is 5.75 Å². The molecule has 4 heteroatoms. The highest BCUT2D eigenvalue weighted by Gasteiger charge is 2.41. The number of allylic oxidation sites excluding steroid dienone is 13. The molecule has 0 radical (unpaired) electrons. The van der Waals surface area contributed by atoms with Gasteiger partial charge in [-0.2, -0.15) is 0 Å². The van der Waals surface area contributed by atoms with E-state index in [1.165, 1.54) is 65.9 Å². The Morgan fingerprint density at radius 3 is 1.96 bits per heavy atom. The van der Waals surface area contributed by atoms with E-state index < -0.39 is 0 Å². The molecular formula is C52H37BrN2O. The summed E-state index contributed by atoms with van der Waals surface area (Å²) in [5.74, 6) is 1.37. The molecule has 0 heterocycles. The van der Waals surface area contributed by atoms with E-state index in [1.54, 1.807) is 7.11 Å². The molecule has 0 fully saturated rings. The number of nitrogens with zero attached hydrogens (tertiary/aromatic N) is 2. The van der Waals surface area contributed by atoms with Crippen molar-refractivity contribution >= 4 is 76.7 Å². The summed E-state index contributed by atoms with van der Waals surface area (Å²) in [5, 5.41) is 7.57. The van der Waals surface area contributed by atoms with Crippen LogP contribution in [0.15, 0.2) is 208 Å². The van der Waals surface area contributed by atoms with Gasteiger partial charge in [-0.25, -0.2) is 0 Å². The minimum atomic E-state index is 0.239. The van der Waals surface area contributed by atoms with Crippen LogP contribution in [0.3, 0.4) is 0 Å². The van der Waals surface area contributed by atoms with Gasteiger partial charge >= 0.3 is 0 Å². The lowest BCUT2D eigenvalue weighted by atomic mass is 9.63. The summed E-state index contributed by atoms with van der Waals surface area (Å²) in [6.07, 6.45) is 20.6. The zero-order valence-electron chi connectivity index (χ0n) is 31.1. The molecule has 0 aliphatic heterocycles. The number of methoxy groups -OCH3 is 1. The lowest BCUT2D eigenvalue weighted by Crippen LogP contribution is -2.34. The summed E-state index contributed by atoms with van der Waals surface area (Å²) in [4.78, 5) is 4.87. The molecule has 0 amide bonds. The van der Waals surface area contributed by atoms with Crippen LogP contribution in [0.4, 0.5) is 28.4 Å². The molecule has 0 saturated carbocycles. The average Bonchev–Trinajstić information content (AvgIpc) is 3.23. The first kappa shape index (κ1) is 33.0. The molecule has 2 unspecified atom stereocenters. The maximum absolute atomic E-state index is 5.65. The summed E-state index contributed by atoms with van der Waals surface area (Å²) in [7, 11) is 1.72. The number of hydrogen-bond donors (Lipinski definition) is 0. The molecule has 7 aromatic carbocycles. The topological polar surface area (TPSA) is 15.7 Å². The van der Waals surface area contributed by atoms with Gasteiger partial charge < -0.3 is 14.5 Å². The Hall–Kier alpha value is -6.36.